The topological polar surface area (TPSA) is 107 Å². The van der Waals surface area contributed by atoms with E-state index >= 15 is 0 Å². The highest BCUT2D eigenvalue weighted by molar-refractivity contribution is 6.08. The quantitative estimate of drug-likeness (QED) is 0.524. The van der Waals surface area contributed by atoms with E-state index in [1.165, 1.54) is 0 Å². The minimum Gasteiger partial charge on any atom is -0.443 e. The van der Waals surface area contributed by atoms with Crippen LogP contribution >= 0.6 is 0 Å². The summed E-state index contributed by atoms with van der Waals surface area (Å²) in [7, 11) is 0. The zero-order valence-corrected chi connectivity index (χ0v) is 19.1. The molecule has 31 heavy (non-hydrogen) atoms. The summed E-state index contributed by atoms with van der Waals surface area (Å²) >= 11 is 0. The van der Waals surface area contributed by atoms with Crippen LogP contribution in [-0.2, 0) is 9.47 Å². The van der Waals surface area contributed by atoms with Gasteiger partial charge in [-0.3, -0.25) is 4.98 Å². The van der Waals surface area contributed by atoms with Crippen LogP contribution in [0.5, 0.6) is 0 Å². The Morgan fingerprint density at radius 1 is 0.968 bits per heavy atom. The van der Waals surface area contributed by atoms with Gasteiger partial charge in [-0.2, -0.15) is 0 Å². The lowest BCUT2D eigenvalue weighted by atomic mass is 10.1. The zero-order valence-electron chi connectivity index (χ0n) is 19.1. The molecule has 0 unspecified atom stereocenters. The van der Waals surface area contributed by atoms with Gasteiger partial charge in [-0.05, 0) is 78.3 Å². The maximum Gasteiger partial charge on any atom is 0.427 e. The number of pyridine rings is 1. The summed E-state index contributed by atoms with van der Waals surface area (Å²) in [5.74, 6) is -0.363. The van der Waals surface area contributed by atoms with Crippen molar-refractivity contribution in [3.05, 3.63) is 48.2 Å². The normalized spacial score (nSPS) is 12.3. The summed E-state index contributed by atoms with van der Waals surface area (Å²) in [6, 6.07) is 11.0. The lowest BCUT2D eigenvalue weighted by molar-refractivity contribution is 0.0145. The Morgan fingerprint density at radius 2 is 1.55 bits per heavy atom. The molecule has 8 nitrogen and oxygen atoms in total. The maximum atomic E-state index is 12.7. The van der Waals surface area contributed by atoms with Crippen molar-refractivity contribution in [3.63, 3.8) is 0 Å². The van der Waals surface area contributed by atoms with Crippen LogP contribution in [0, 0.1) is 6.92 Å². The first-order valence-corrected chi connectivity index (χ1v) is 9.88. The first kappa shape index (κ1) is 23.9. The second kappa shape index (κ2) is 9.16. The van der Waals surface area contributed by atoms with Crippen LogP contribution in [0.1, 0.15) is 47.1 Å². The van der Waals surface area contributed by atoms with Crippen LogP contribution in [0.4, 0.5) is 15.3 Å². The van der Waals surface area contributed by atoms with E-state index in [0.29, 0.717) is 10.6 Å². The number of hydrogen-bond donors (Lipinski definition) is 1. The first-order valence-electron chi connectivity index (χ1n) is 9.88. The Bertz CT molecular complexity index is 960. The maximum absolute atomic E-state index is 12.7. The van der Waals surface area contributed by atoms with E-state index in [4.69, 9.17) is 15.2 Å². The lowest BCUT2D eigenvalue weighted by Crippen LogP contribution is -2.49. The first-order chi connectivity index (χ1) is 14.2. The average Bonchev–Trinajstić information content (AvgIpc) is 2.58. The van der Waals surface area contributed by atoms with Crippen molar-refractivity contribution in [2.24, 2.45) is 10.7 Å². The number of nitrogens with zero attached hydrogens (tertiary/aromatic N) is 3. The third kappa shape index (κ3) is 7.40. The third-order valence-electron chi connectivity index (χ3n) is 3.68. The Morgan fingerprint density at radius 3 is 2.06 bits per heavy atom. The number of hydrogen-bond acceptors (Lipinski definition) is 6. The van der Waals surface area contributed by atoms with Gasteiger partial charge in [-0.1, -0.05) is 12.1 Å². The van der Waals surface area contributed by atoms with E-state index in [1.54, 1.807) is 65.9 Å². The number of amides is 2. The molecular weight excluding hydrogens is 396 g/mol. The molecule has 0 saturated carbocycles. The van der Waals surface area contributed by atoms with Gasteiger partial charge >= 0.3 is 12.2 Å². The summed E-state index contributed by atoms with van der Waals surface area (Å²) in [6.07, 6.45) is -0.221. The van der Waals surface area contributed by atoms with Crippen LogP contribution in [0.25, 0.3) is 11.3 Å². The van der Waals surface area contributed by atoms with Gasteiger partial charge in [0.1, 0.15) is 11.2 Å². The summed E-state index contributed by atoms with van der Waals surface area (Å²) < 4.78 is 10.6. The Balaban J connectivity index is 2.41. The molecule has 2 N–H and O–H groups in total. The highest BCUT2D eigenvalue weighted by Crippen LogP contribution is 2.24. The number of rotatable bonds is 2. The van der Waals surface area contributed by atoms with Gasteiger partial charge < -0.3 is 15.2 Å². The molecule has 1 heterocycles. The number of carbonyl (C=O) groups is 2. The SMILES string of the molecule is Cc1ccnc(-c2cccc(N=C(N)N(C(=O)OC(C)(C)C)C(=O)OC(C)(C)C)c2)c1. The average molecular weight is 427 g/mol. The molecule has 0 aliphatic heterocycles. The number of benzene rings is 1. The van der Waals surface area contributed by atoms with E-state index in [1.807, 2.05) is 25.1 Å². The van der Waals surface area contributed by atoms with Crippen LogP contribution in [0.2, 0.25) is 0 Å². The number of nitrogens with two attached hydrogens (primary N) is 1. The van der Waals surface area contributed by atoms with Gasteiger partial charge in [0.2, 0.25) is 5.96 Å². The second-order valence-electron chi connectivity index (χ2n) is 9.03. The fraction of sp³-hybridized carbons (Fsp3) is 0.391. The van der Waals surface area contributed by atoms with Crippen LogP contribution in [0.3, 0.4) is 0 Å². The van der Waals surface area contributed by atoms with Crippen molar-refractivity contribution < 1.29 is 19.1 Å². The highest BCUT2D eigenvalue weighted by Gasteiger charge is 2.34. The van der Waals surface area contributed by atoms with E-state index in [9.17, 15) is 9.59 Å². The van der Waals surface area contributed by atoms with Crippen molar-refractivity contribution >= 4 is 23.8 Å². The smallest absolute Gasteiger partial charge is 0.427 e. The molecule has 8 heteroatoms. The minimum absolute atomic E-state index is 0.363. The molecule has 1 aromatic carbocycles. The van der Waals surface area contributed by atoms with E-state index < -0.39 is 23.4 Å². The molecule has 0 atom stereocenters. The minimum atomic E-state index is -0.973. The van der Waals surface area contributed by atoms with Gasteiger partial charge in [0.25, 0.3) is 0 Å². The number of aromatic nitrogens is 1. The molecule has 2 rings (SSSR count). The van der Waals surface area contributed by atoms with Crippen LogP contribution < -0.4 is 5.73 Å². The highest BCUT2D eigenvalue weighted by atomic mass is 16.6. The van der Waals surface area contributed by atoms with E-state index in [0.717, 1.165) is 16.8 Å². The molecule has 0 fully saturated rings. The number of imide groups is 1. The molecule has 2 amide bonds. The molecule has 0 bridgehead atoms. The predicted octanol–water partition coefficient (Wildman–Crippen LogP) is 5.18. The Labute approximate surface area is 183 Å². The van der Waals surface area contributed by atoms with Crippen LogP contribution in [-0.4, -0.2) is 39.2 Å². The second-order valence-corrected chi connectivity index (χ2v) is 9.03. The van der Waals surface area contributed by atoms with Gasteiger partial charge in [0.15, 0.2) is 0 Å². The van der Waals surface area contributed by atoms with Crippen molar-refractivity contribution in [3.8, 4) is 11.3 Å². The Kier molecular flexibility index (Phi) is 7.05. The van der Waals surface area contributed by atoms with Crippen LogP contribution in [0.15, 0.2) is 47.6 Å². The van der Waals surface area contributed by atoms with Crippen molar-refractivity contribution in [2.45, 2.75) is 59.7 Å². The molecule has 0 spiro atoms. The molecule has 1 aromatic heterocycles. The molecule has 2 aromatic rings. The van der Waals surface area contributed by atoms with Crippen molar-refractivity contribution in [1.82, 2.24) is 9.88 Å². The number of aliphatic imine (C=N–C) groups is 1. The number of aryl methyl sites for hydroxylation is 1. The van der Waals surface area contributed by atoms with E-state index in [2.05, 4.69) is 9.98 Å². The predicted molar refractivity (Wildman–Crippen MR) is 120 cm³/mol. The molecule has 0 aliphatic rings. The lowest BCUT2D eigenvalue weighted by Gasteiger charge is -2.27. The fourth-order valence-corrected chi connectivity index (χ4v) is 2.49. The molecular formula is C23H30N4O4. The molecule has 0 aliphatic carbocycles. The van der Waals surface area contributed by atoms with Gasteiger partial charge in [-0.25, -0.2) is 14.6 Å². The number of carbonyl (C=O) groups excluding carboxylic acids is 2. The summed E-state index contributed by atoms with van der Waals surface area (Å²) in [6.45, 7) is 12.1. The summed E-state index contributed by atoms with van der Waals surface area (Å²) in [5.41, 5.74) is 7.48. The summed E-state index contributed by atoms with van der Waals surface area (Å²) in [5, 5.41) is 0. The molecule has 166 valence electrons. The van der Waals surface area contributed by atoms with Crippen molar-refractivity contribution in [1.29, 1.82) is 0 Å². The number of guanidine groups is 1. The monoisotopic (exact) mass is 426 g/mol. The third-order valence-corrected chi connectivity index (χ3v) is 3.68. The molecule has 0 saturated heterocycles. The van der Waals surface area contributed by atoms with Gasteiger partial charge in [0, 0.05) is 11.8 Å². The standard InChI is InChI=1S/C23H30N4O4/c1-15-11-12-25-18(13-15)16-9-8-10-17(14-16)26-19(24)27(20(28)30-22(2,3)4)21(29)31-23(5,6)7/h8-14H,1-7H3,(H2,24,26). The van der Waals surface area contributed by atoms with Gasteiger partial charge in [0.05, 0.1) is 11.4 Å². The fourth-order valence-electron chi connectivity index (χ4n) is 2.49. The van der Waals surface area contributed by atoms with Crippen molar-refractivity contribution in [2.75, 3.05) is 0 Å². The molecule has 0 radical (unpaired) electrons. The van der Waals surface area contributed by atoms with E-state index in [-0.39, 0.29) is 5.96 Å². The summed E-state index contributed by atoms with van der Waals surface area (Å²) in [4.78, 5) is 34.6. The number of ether oxygens (including phenoxy) is 2. The zero-order chi connectivity index (χ0) is 23.4. The largest absolute Gasteiger partial charge is 0.443 e. The van der Waals surface area contributed by atoms with Gasteiger partial charge in [-0.15, -0.1) is 4.90 Å². The Hall–Kier alpha value is -3.42.